The molecule has 0 radical (unpaired) electrons. The molecule has 0 aromatic carbocycles. The molecule has 2 saturated heterocycles. The van der Waals surface area contributed by atoms with Gasteiger partial charge in [0, 0.05) is 17.8 Å². The number of epoxide rings is 1. The molecule has 2 heterocycles. The number of carbonyl (C=O) groups excluding carboxylic acids is 1. The molecule has 1 N–H and O–H groups in total. The number of hydrogen-bond acceptors (Lipinski definition) is 4. The first-order valence-corrected chi connectivity index (χ1v) is 14.0. The van der Waals surface area contributed by atoms with Gasteiger partial charge in [0.15, 0.2) is 6.29 Å². The molecule has 0 amide bonds. The molecule has 0 aromatic heterocycles. The molecular weight excluding hydrogens is 424 g/mol. The molecule has 4 nitrogen and oxygen atoms in total. The maximum Gasteiger partial charge on any atom is 0.158 e. The number of hydrogen-bond donors (Lipinski definition) is 1. The van der Waals surface area contributed by atoms with Crippen molar-refractivity contribution in [3.05, 3.63) is 11.6 Å². The quantitative estimate of drug-likeness (QED) is 0.393. The van der Waals surface area contributed by atoms with E-state index in [1.54, 1.807) is 5.57 Å². The molecule has 6 aliphatic rings. The van der Waals surface area contributed by atoms with Gasteiger partial charge < -0.3 is 14.6 Å². The van der Waals surface area contributed by atoms with E-state index < -0.39 is 6.29 Å². The minimum absolute atomic E-state index is 0.0253. The van der Waals surface area contributed by atoms with Crippen molar-refractivity contribution >= 4 is 5.78 Å². The van der Waals surface area contributed by atoms with E-state index in [1.165, 1.54) is 25.7 Å². The predicted octanol–water partition coefficient (Wildman–Crippen LogP) is 6.06. The summed E-state index contributed by atoms with van der Waals surface area (Å²) in [4.78, 5) is 12.8. The van der Waals surface area contributed by atoms with E-state index in [0.717, 1.165) is 25.7 Å². The standard InChI is InChI=1S/C30H46O4/c1-26(2)22-9-8-20-19(28(22,5)13-12-23(26)31)11-15-29(6)18(10-14-30(20,29)7)17-16-21(33-25(17)32)24-27(3,4)34-24/h8,17-19,21-22,24-25,32H,9-16H2,1-7H3/t17-,18-,19?,21?,22?,24?,25?,28+,29-,30+/m0/s1. The third-order valence-corrected chi connectivity index (χ3v) is 12.7. The lowest BCUT2D eigenvalue weighted by atomic mass is 9.41. The molecule has 0 bridgehead atoms. The molecule has 4 aliphatic carbocycles. The Morgan fingerprint density at radius 3 is 2.38 bits per heavy atom. The second-order valence-electron chi connectivity index (χ2n) is 14.7. The smallest absolute Gasteiger partial charge is 0.158 e. The molecule has 10 atom stereocenters. The van der Waals surface area contributed by atoms with Crippen molar-refractivity contribution in [1.29, 1.82) is 0 Å². The minimum Gasteiger partial charge on any atom is -0.368 e. The van der Waals surface area contributed by atoms with Crippen molar-refractivity contribution in [2.24, 2.45) is 45.3 Å². The monoisotopic (exact) mass is 470 g/mol. The average Bonchev–Trinajstić information content (AvgIpc) is 3.08. The summed E-state index contributed by atoms with van der Waals surface area (Å²) in [6, 6.07) is 0. The molecule has 5 fully saturated rings. The van der Waals surface area contributed by atoms with Crippen LogP contribution in [0.4, 0.5) is 0 Å². The van der Waals surface area contributed by atoms with Crippen LogP contribution in [0.1, 0.15) is 99.8 Å². The van der Waals surface area contributed by atoms with Gasteiger partial charge in [0.25, 0.3) is 0 Å². The third kappa shape index (κ3) is 2.85. The number of carbonyl (C=O) groups is 1. The minimum atomic E-state index is -0.667. The van der Waals surface area contributed by atoms with Gasteiger partial charge in [-0.25, -0.2) is 0 Å². The van der Waals surface area contributed by atoms with E-state index in [0.29, 0.717) is 23.5 Å². The maximum atomic E-state index is 12.8. The van der Waals surface area contributed by atoms with E-state index in [1.807, 2.05) is 0 Å². The predicted molar refractivity (Wildman–Crippen MR) is 132 cm³/mol. The number of rotatable bonds is 2. The van der Waals surface area contributed by atoms with E-state index >= 15 is 0 Å². The maximum absolute atomic E-state index is 12.8. The lowest BCUT2D eigenvalue weighted by molar-refractivity contribution is -0.147. The first-order valence-electron chi connectivity index (χ1n) is 14.0. The van der Waals surface area contributed by atoms with Crippen LogP contribution in [0, 0.1) is 45.3 Å². The zero-order valence-corrected chi connectivity index (χ0v) is 22.4. The van der Waals surface area contributed by atoms with Crippen LogP contribution in [-0.4, -0.2) is 35.0 Å². The summed E-state index contributed by atoms with van der Waals surface area (Å²) in [6.45, 7) is 16.2. The second kappa shape index (κ2) is 6.98. The Balaban J connectivity index is 1.30. The first-order chi connectivity index (χ1) is 15.8. The molecule has 4 heteroatoms. The van der Waals surface area contributed by atoms with Crippen molar-refractivity contribution in [2.75, 3.05) is 0 Å². The lowest BCUT2D eigenvalue weighted by Gasteiger charge is -2.63. The Kier molecular flexibility index (Phi) is 4.86. The zero-order valence-electron chi connectivity index (χ0n) is 22.4. The van der Waals surface area contributed by atoms with E-state index in [2.05, 4.69) is 54.5 Å². The molecule has 34 heavy (non-hydrogen) atoms. The van der Waals surface area contributed by atoms with Crippen LogP contribution >= 0.6 is 0 Å². The van der Waals surface area contributed by atoms with Crippen molar-refractivity contribution in [3.8, 4) is 0 Å². The van der Waals surface area contributed by atoms with Crippen LogP contribution in [0.5, 0.6) is 0 Å². The molecule has 0 aromatic rings. The van der Waals surface area contributed by atoms with Crippen LogP contribution in [0.2, 0.25) is 0 Å². The van der Waals surface area contributed by atoms with Crippen molar-refractivity contribution in [3.63, 3.8) is 0 Å². The largest absolute Gasteiger partial charge is 0.368 e. The number of allylic oxidation sites excluding steroid dienone is 2. The lowest BCUT2D eigenvalue weighted by Crippen LogP contribution is -2.57. The highest BCUT2D eigenvalue weighted by Crippen LogP contribution is 2.73. The molecule has 2 aliphatic heterocycles. The fraction of sp³-hybridized carbons (Fsp3) is 0.900. The fourth-order valence-corrected chi connectivity index (χ4v) is 10.3. The fourth-order valence-electron chi connectivity index (χ4n) is 10.3. The Labute approximate surface area is 206 Å². The number of aliphatic hydroxyl groups is 1. The van der Waals surface area contributed by atoms with Crippen molar-refractivity contribution < 1.29 is 19.4 Å². The van der Waals surface area contributed by atoms with E-state index in [9.17, 15) is 9.90 Å². The summed E-state index contributed by atoms with van der Waals surface area (Å²) in [7, 11) is 0. The van der Waals surface area contributed by atoms with Crippen LogP contribution in [-0.2, 0) is 14.3 Å². The average molecular weight is 471 g/mol. The van der Waals surface area contributed by atoms with Crippen LogP contribution in [0.15, 0.2) is 11.6 Å². The molecule has 6 rings (SSSR count). The molecular formula is C30H46O4. The van der Waals surface area contributed by atoms with E-state index in [-0.39, 0.29) is 45.4 Å². The molecule has 3 saturated carbocycles. The Bertz CT molecular complexity index is 934. The summed E-state index contributed by atoms with van der Waals surface area (Å²) in [6.07, 6.45) is 10.6. The number of fused-ring (bicyclic) bond motifs is 5. The SMILES string of the molecule is CC1(C)OC1C1C[C@@H]([C@@H]2CC[C@]3(C)C4=CCC5C(C)(C)C(=O)CC[C@]5(C)C4CC[C@@]23C)C(O)O1. The van der Waals surface area contributed by atoms with Gasteiger partial charge in [-0.05, 0) is 92.8 Å². The van der Waals surface area contributed by atoms with Gasteiger partial charge in [0.2, 0.25) is 0 Å². The Morgan fingerprint density at radius 2 is 1.71 bits per heavy atom. The second-order valence-corrected chi connectivity index (χ2v) is 14.7. The normalized spacial score (nSPS) is 55.2. The topological polar surface area (TPSA) is 59.1 Å². The summed E-state index contributed by atoms with van der Waals surface area (Å²) < 4.78 is 12.0. The number of ketones is 1. The summed E-state index contributed by atoms with van der Waals surface area (Å²) in [5.41, 5.74) is 1.95. The van der Waals surface area contributed by atoms with Crippen LogP contribution < -0.4 is 0 Å². The molecule has 0 spiro atoms. The highest BCUT2D eigenvalue weighted by molar-refractivity contribution is 5.85. The van der Waals surface area contributed by atoms with Gasteiger partial charge >= 0.3 is 0 Å². The molecule has 5 unspecified atom stereocenters. The van der Waals surface area contributed by atoms with Gasteiger partial charge in [0.1, 0.15) is 11.9 Å². The van der Waals surface area contributed by atoms with Crippen LogP contribution in [0.25, 0.3) is 0 Å². The van der Waals surface area contributed by atoms with Gasteiger partial charge in [-0.3, -0.25) is 4.79 Å². The third-order valence-electron chi connectivity index (χ3n) is 12.7. The summed E-state index contributed by atoms with van der Waals surface area (Å²) in [5, 5.41) is 11.0. The Morgan fingerprint density at radius 1 is 1.00 bits per heavy atom. The van der Waals surface area contributed by atoms with Crippen molar-refractivity contribution in [2.45, 2.75) is 124 Å². The summed E-state index contributed by atoms with van der Waals surface area (Å²) in [5.74, 6) is 2.19. The zero-order chi connectivity index (χ0) is 24.5. The highest BCUT2D eigenvalue weighted by atomic mass is 16.7. The molecule has 190 valence electrons. The number of ether oxygens (including phenoxy) is 2. The van der Waals surface area contributed by atoms with Gasteiger partial charge in [-0.1, -0.05) is 46.3 Å². The highest BCUT2D eigenvalue weighted by Gasteiger charge is 2.67. The van der Waals surface area contributed by atoms with Gasteiger partial charge in [0.05, 0.1) is 11.7 Å². The van der Waals surface area contributed by atoms with E-state index in [4.69, 9.17) is 9.47 Å². The van der Waals surface area contributed by atoms with Crippen molar-refractivity contribution in [1.82, 2.24) is 0 Å². The van der Waals surface area contributed by atoms with Gasteiger partial charge in [-0.15, -0.1) is 0 Å². The number of aliphatic hydroxyl groups excluding tert-OH is 1. The number of Topliss-reactive ketones (excluding diaryl/α,β-unsaturated/α-hetero) is 1. The Hall–Kier alpha value is -0.710. The first kappa shape index (κ1) is 23.7. The van der Waals surface area contributed by atoms with Crippen LogP contribution in [0.3, 0.4) is 0 Å². The van der Waals surface area contributed by atoms with Gasteiger partial charge in [-0.2, -0.15) is 0 Å². The summed E-state index contributed by atoms with van der Waals surface area (Å²) >= 11 is 0.